The molecule has 5 heteroatoms. The van der Waals surface area contributed by atoms with Gasteiger partial charge in [-0.05, 0) is 38.5 Å². The molecule has 21 heavy (non-hydrogen) atoms. The predicted molar refractivity (Wildman–Crippen MR) is 80.2 cm³/mol. The van der Waals surface area contributed by atoms with Crippen LogP contribution in [-0.2, 0) is 6.42 Å². The Morgan fingerprint density at radius 3 is 2.95 bits per heavy atom. The van der Waals surface area contributed by atoms with Crippen molar-refractivity contribution in [3.8, 4) is 5.75 Å². The van der Waals surface area contributed by atoms with Gasteiger partial charge >= 0.3 is 0 Å². The van der Waals surface area contributed by atoms with E-state index in [4.69, 9.17) is 4.74 Å². The highest BCUT2D eigenvalue weighted by atomic mass is 19.1. The topological polar surface area (TPSA) is 47.0 Å². The molecule has 1 N–H and O–H groups in total. The monoisotopic (exact) mass is 285 g/mol. The second-order valence-corrected chi connectivity index (χ2v) is 5.12. The molecule has 3 rings (SSSR count). The van der Waals surface area contributed by atoms with Crippen molar-refractivity contribution in [2.24, 2.45) is 0 Å². The van der Waals surface area contributed by atoms with Gasteiger partial charge in [-0.15, -0.1) is 0 Å². The Labute approximate surface area is 122 Å². The number of anilines is 2. The summed E-state index contributed by atoms with van der Waals surface area (Å²) in [6, 6.07) is 4.43. The van der Waals surface area contributed by atoms with E-state index in [2.05, 4.69) is 15.3 Å². The van der Waals surface area contributed by atoms with Crippen molar-refractivity contribution >= 4 is 17.6 Å². The molecule has 2 aromatic rings. The second-order valence-electron chi connectivity index (χ2n) is 5.12. The molecule has 0 fully saturated rings. The maximum absolute atomic E-state index is 13.4. The van der Waals surface area contributed by atoms with Gasteiger partial charge in [0.2, 0.25) is 0 Å². The molecule has 0 unspecified atom stereocenters. The van der Waals surface area contributed by atoms with Crippen LogP contribution in [0.3, 0.4) is 0 Å². The van der Waals surface area contributed by atoms with Crippen LogP contribution in [0.2, 0.25) is 0 Å². The molecular weight excluding hydrogens is 269 g/mol. The lowest BCUT2D eigenvalue weighted by Crippen LogP contribution is -2.08. The van der Waals surface area contributed by atoms with Crippen molar-refractivity contribution < 1.29 is 9.13 Å². The van der Waals surface area contributed by atoms with E-state index in [0.717, 1.165) is 23.5 Å². The lowest BCUT2D eigenvalue weighted by Gasteiger charge is -2.16. The maximum Gasteiger partial charge on any atom is 0.146 e. The molecule has 108 valence electrons. The average molecular weight is 285 g/mol. The third kappa shape index (κ3) is 2.86. The zero-order chi connectivity index (χ0) is 14.8. The molecule has 0 amide bonds. The van der Waals surface area contributed by atoms with Crippen LogP contribution in [0.4, 0.5) is 15.9 Å². The number of hydrogen-bond acceptors (Lipinski definition) is 4. The molecule has 0 aliphatic heterocycles. The van der Waals surface area contributed by atoms with Gasteiger partial charge in [0.15, 0.2) is 0 Å². The summed E-state index contributed by atoms with van der Waals surface area (Å²) < 4.78 is 19.1. The van der Waals surface area contributed by atoms with Gasteiger partial charge in [0.05, 0.1) is 17.5 Å². The van der Waals surface area contributed by atoms with Crippen LogP contribution in [0.1, 0.15) is 25.1 Å². The first-order valence-corrected chi connectivity index (χ1v) is 6.87. The lowest BCUT2D eigenvalue weighted by molar-refractivity contribution is 0.243. The fraction of sp³-hybridized carbons (Fsp3) is 0.250. The normalized spacial score (nSPS) is 12.6. The first-order chi connectivity index (χ1) is 10.1. The molecule has 1 aromatic carbocycles. The van der Waals surface area contributed by atoms with Crippen LogP contribution in [0.15, 0.2) is 30.6 Å². The molecule has 0 spiro atoms. The third-order valence-corrected chi connectivity index (χ3v) is 3.14. The van der Waals surface area contributed by atoms with Gasteiger partial charge in [0.25, 0.3) is 0 Å². The maximum atomic E-state index is 13.4. The SMILES string of the molecule is CC(C)Oc1cc(F)ccc1Nc1ncnc2c1CC=C2. The van der Waals surface area contributed by atoms with Gasteiger partial charge in [-0.1, -0.05) is 6.08 Å². The van der Waals surface area contributed by atoms with Gasteiger partial charge in [-0.3, -0.25) is 0 Å². The van der Waals surface area contributed by atoms with Crippen molar-refractivity contribution in [3.05, 3.63) is 47.7 Å². The van der Waals surface area contributed by atoms with Crippen molar-refractivity contribution in [2.75, 3.05) is 5.32 Å². The zero-order valence-corrected chi connectivity index (χ0v) is 11.9. The fourth-order valence-electron chi connectivity index (χ4n) is 2.25. The Morgan fingerprint density at radius 2 is 2.14 bits per heavy atom. The summed E-state index contributed by atoms with van der Waals surface area (Å²) in [6.45, 7) is 3.81. The van der Waals surface area contributed by atoms with Crippen LogP contribution in [-0.4, -0.2) is 16.1 Å². The number of hydrogen-bond donors (Lipinski definition) is 1. The first-order valence-electron chi connectivity index (χ1n) is 6.87. The number of nitrogens with zero attached hydrogens (tertiary/aromatic N) is 2. The van der Waals surface area contributed by atoms with Crippen LogP contribution in [0, 0.1) is 5.82 Å². The highest BCUT2D eigenvalue weighted by molar-refractivity contribution is 5.70. The molecule has 1 aliphatic rings. The van der Waals surface area contributed by atoms with Crippen molar-refractivity contribution in [1.29, 1.82) is 0 Å². The Balaban J connectivity index is 1.94. The third-order valence-electron chi connectivity index (χ3n) is 3.14. The smallest absolute Gasteiger partial charge is 0.146 e. The molecule has 0 radical (unpaired) electrons. The molecule has 1 aliphatic carbocycles. The van der Waals surface area contributed by atoms with Crippen LogP contribution in [0.5, 0.6) is 5.75 Å². The Morgan fingerprint density at radius 1 is 1.29 bits per heavy atom. The van der Waals surface area contributed by atoms with Gasteiger partial charge in [0, 0.05) is 11.6 Å². The van der Waals surface area contributed by atoms with Crippen LogP contribution >= 0.6 is 0 Å². The van der Waals surface area contributed by atoms with E-state index in [-0.39, 0.29) is 11.9 Å². The van der Waals surface area contributed by atoms with E-state index in [1.165, 1.54) is 18.5 Å². The molecule has 1 heterocycles. The number of halogens is 1. The molecule has 1 aromatic heterocycles. The lowest BCUT2D eigenvalue weighted by atomic mass is 10.2. The summed E-state index contributed by atoms with van der Waals surface area (Å²) in [5, 5.41) is 3.22. The standard InChI is InChI=1S/C16H16FN3O/c1-10(2)21-15-8-11(17)6-7-14(15)20-16-12-4-3-5-13(12)18-9-19-16/h3,5-10H,4H2,1-2H3,(H,18,19,20). The van der Waals surface area contributed by atoms with Crippen LogP contribution in [0.25, 0.3) is 6.08 Å². The van der Waals surface area contributed by atoms with E-state index in [9.17, 15) is 4.39 Å². The van der Waals surface area contributed by atoms with Crippen molar-refractivity contribution in [1.82, 2.24) is 9.97 Å². The zero-order valence-electron chi connectivity index (χ0n) is 11.9. The number of benzene rings is 1. The Kier molecular flexibility index (Phi) is 3.56. The highest BCUT2D eigenvalue weighted by Crippen LogP contribution is 2.32. The fourth-order valence-corrected chi connectivity index (χ4v) is 2.25. The van der Waals surface area contributed by atoms with Crippen LogP contribution < -0.4 is 10.1 Å². The van der Waals surface area contributed by atoms with E-state index < -0.39 is 0 Å². The number of ether oxygens (including phenoxy) is 1. The molecule has 0 saturated heterocycles. The van der Waals surface area contributed by atoms with Crippen molar-refractivity contribution in [2.45, 2.75) is 26.4 Å². The van der Waals surface area contributed by atoms with E-state index in [1.807, 2.05) is 26.0 Å². The number of allylic oxidation sites excluding steroid dienone is 1. The predicted octanol–water partition coefficient (Wildman–Crippen LogP) is 3.72. The van der Waals surface area contributed by atoms with E-state index in [0.29, 0.717) is 11.4 Å². The molecular formula is C16H16FN3O. The summed E-state index contributed by atoms with van der Waals surface area (Å²) in [6.07, 6.45) is 6.29. The summed E-state index contributed by atoms with van der Waals surface area (Å²) in [4.78, 5) is 8.49. The second kappa shape index (κ2) is 5.52. The van der Waals surface area contributed by atoms with Gasteiger partial charge in [-0.25, -0.2) is 14.4 Å². The Bertz CT molecular complexity index is 698. The number of nitrogens with one attached hydrogen (secondary N) is 1. The summed E-state index contributed by atoms with van der Waals surface area (Å²) in [5.41, 5.74) is 2.65. The average Bonchev–Trinajstić information content (AvgIpc) is 2.90. The molecule has 4 nitrogen and oxygen atoms in total. The molecule has 0 atom stereocenters. The Hall–Kier alpha value is -2.43. The summed E-state index contributed by atoms with van der Waals surface area (Å²) in [5.74, 6) is 0.874. The summed E-state index contributed by atoms with van der Waals surface area (Å²) in [7, 11) is 0. The highest BCUT2D eigenvalue weighted by Gasteiger charge is 2.15. The minimum absolute atomic E-state index is 0.0369. The van der Waals surface area contributed by atoms with Crippen molar-refractivity contribution in [3.63, 3.8) is 0 Å². The number of aromatic nitrogens is 2. The molecule has 0 saturated carbocycles. The quantitative estimate of drug-likeness (QED) is 0.930. The summed E-state index contributed by atoms with van der Waals surface area (Å²) >= 11 is 0. The van der Waals surface area contributed by atoms with E-state index >= 15 is 0 Å². The van der Waals surface area contributed by atoms with Gasteiger partial charge < -0.3 is 10.1 Å². The number of rotatable bonds is 4. The largest absolute Gasteiger partial charge is 0.489 e. The number of fused-ring (bicyclic) bond motifs is 1. The first kappa shape index (κ1) is 13.5. The van der Waals surface area contributed by atoms with Gasteiger partial charge in [0.1, 0.15) is 23.7 Å². The molecule has 0 bridgehead atoms. The minimum Gasteiger partial charge on any atom is -0.489 e. The van der Waals surface area contributed by atoms with E-state index in [1.54, 1.807) is 6.07 Å². The minimum atomic E-state index is -0.328. The van der Waals surface area contributed by atoms with Gasteiger partial charge in [-0.2, -0.15) is 0 Å².